The summed E-state index contributed by atoms with van der Waals surface area (Å²) in [6.07, 6.45) is 2.75. The van der Waals surface area contributed by atoms with E-state index in [9.17, 15) is 9.59 Å². The average Bonchev–Trinajstić information content (AvgIpc) is 3.33. The number of ether oxygens (including phenoxy) is 2. The molecule has 2 aromatic rings. The predicted molar refractivity (Wildman–Crippen MR) is 96.0 cm³/mol. The van der Waals surface area contributed by atoms with Crippen LogP contribution < -0.4 is 14.8 Å². The van der Waals surface area contributed by atoms with Gasteiger partial charge < -0.3 is 24.1 Å². The van der Waals surface area contributed by atoms with Crippen molar-refractivity contribution in [2.45, 2.75) is 18.9 Å². The number of nitrogens with one attached hydrogen (secondary N) is 1. The Bertz CT molecular complexity index is 806. The molecular formula is C18H19ClN2O5. The van der Waals surface area contributed by atoms with E-state index in [-0.39, 0.29) is 17.6 Å². The molecule has 26 heavy (non-hydrogen) atoms. The Kier molecular flexibility index (Phi) is 5.37. The fraction of sp³-hybridized carbons (Fsp3) is 0.333. The largest absolute Gasteiger partial charge is 0.495 e. The lowest BCUT2D eigenvalue weighted by atomic mass is 10.2. The molecule has 1 aromatic carbocycles. The van der Waals surface area contributed by atoms with Crippen LogP contribution in [0.3, 0.4) is 0 Å². The molecule has 0 bridgehead atoms. The van der Waals surface area contributed by atoms with Crippen LogP contribution in [0.1, 0.15) is 23.4 Å². The molecule has 1 fully saturated rings. The lowest BCUT2D eigenvalue weighted by molar-refractivity contribution is -0.119. The third-order valence-corrected chi connectivity index (χ3v) is 4.58. The van der Waals surface area contributed by atoms with Gasteiger partial charge in [0.15, 0.2) is 5.76 Å². The van der Waals surface area contributed by atoms with Crippen LogP contribution in [-0.4, -0.2) is 43.5 Å². The number of hydrogen-bond acceptors (Lipinski definition) is 5. The lowest BCUT2D eigenvalue weighted by Crippen LogP contribution is -2.43. The molecule has 8 heteroatoms. The van der Waals surface area contributed by atoms with E-state index in [2.05, 4.69) is 5.32 Å². The Balaban J connectivity index is 1.79. The number of amides is 2. The summed E-state index contributed by atoms with van der Waals surface area (Å²) in [5.41, 5.74) is 0.417. The van der Waals surface area contributed by atoms with Crippen molar-refractivity contribution in [3.8, 4) is 11.5 Å². The van der Waals surface area contributed by atoms with Crippen molar-refractivity contribution in [1.82, 2.24) is 4.90 Å². The van der Waals surface area contributed by atoms with Crippen molar-refractivity contribution in [3.63, 3.8) is 0 Å². The Morgan fingerprint density at radius 2 is 2.04 bits per heavy atom. The van der Waals surface area contributed by atoms with Crippen molar-refractivity contribution in [3.05, 3.63) is 41.3 Å². The van der Waals surface area contributed by atoms with E-state index in [4.69, 9.17) is 25.5 Å². The fourth-order valence-electron chi connectivity index (χ4n) is 3.00. The predicted octanol–water partition coefficient (Wildman–Crippen LogP) is 3.19. The van der Waals surface area contributed by atoms with Crippen LogP contribution in [0.15, 0.2) is 34.9 Å². The Hall–Kier alpha value is -2.67. The van der Waals surface area contributed by atoms with Gasteiger partial charge >= 0.3 is 0 Å². The molecule has 2 amide bonds. The molecule has 2 heterocycles. The zero-order valence-electron chi connectivity index (χ0n) is 14.5. The van der Waals surface area contributed by atoms with Crippen LogP contribution in [0, 0.1) is 0 Å². The van der Waals surface area contributed by atoms with Crippen molar-refractivity contribution in [1.29, 1.82) is 0 Å². The van der Waals surface area contributed by atoms with Gasteiger partial charge in [-0.25, -0.2) is 0 Å². The molecule has 7 nitrogen and oxygen atoms in total. The Morgan fingerprint density at radius 1 is 1.27 bits per heavy atom. The van der Waals surface area contributed by atoms with Crippen molar-refractivity contribution in [2.24, 2.45) is 0 Å². The average molecular weight is 379 g/mol. The number of likely N-dealkylation sites (tertiary alicyclic amines) is 1. The number of rotatable bonds is 5. The third kappa shape index (κ3) is 3.48. The van der Waals surface area contributed by atoms with Gasteiger partial charge in [0.05, 0.1) is 31.2 Å². The first kappa shape index (κ1) is 18.1. The van der Waals surface area contributed by atoms with Gasteiger partial charge in [0.25, 0.3) is 5.91 Å². The number of anilines is 1. The van der Waals surface area contributed by atoms with Gasteiger partial charge in [-0.05, 0) is 31.0 Å². The minimum atomic E-state index is -0.585. The third-order valence-electron chi connectivity index (χ3n) is 4.28. The summed E-state index contributed by atoms with van der Waals surface area (Å²) in [5.74, 6) is 0.475. The molecular weight excluding hydrogens is 360 g/mol. The molecule has 0 spiro atoms. The van der Waals surface area contributed by atoms with Gasteiger partial charge in [-0.2, -0.15) is 0 Å². The van der Waals surface area contributed by atoms with E-state index in [0.717, 1.165) is 6.42 Å². The van der Waals surface area contributed by atoms with Crippen LogP contribution in [-0.2, 0) is 4.79 Å². The number of carbonyl (C=O) groups excluding carboxylic acids is 2. The normalized spacial score (nSPS) is 16.4. The molecule has 0 saturated carbocycles. The number of methoxy groups -OCH3 is 2. The SMILES string of the molecule is COc1cc(OC)c(NC(=O)C2CCCN2C(=O)c2ccco2)cc1Cl. The van der Waals surface area contributed by atoms with Gasteiger partial charge in [0, 0.05) is 12.6 Å². The van der Waals surface area contributed by atoms with Crippen molar-refractivity contribution < 1.29 is 23.5 Å². The van der Waals surface area contributed by atoms with Crippen LogP contribution in [0.5, 0.6) is 11.5 Å². The second-order valence-electron chi connectivity index (χ2n) is 5.81. The lowest BCUT2D eigenvalue weighted by Gasteiger charge is -2.23. The van der Waals surface area contributed by atoms with E-state index < -0.39 is 6.04 Å². The van der Waals surface area contributed by atoms with Crippen LogP contribution in [0.25, 0.3) is 0 Å². The number of hydrogen-bond donors (Lipinski definition) is 1. The molecule has 0 radical (unpaired) electrons. The van der Waals surface area contributed by atoms with Crippen molar-refractivity contribution in [2.75, 3.05) is 26.1 Å². The second-order valence-corrected chi connectivity index (χ2v) is 6.22. The topological polar surface area (TPSA) is 81.0 Å². The number of nitrogens with zero attached hydrogens (tertiary/aromatic N) is 1. The van der Waals surface area contributed by atoms with Gasteiger partial charge in [-0.15, -0.1) is 0 Å². The molecule has 1 atom stereocenters. The molecule has 1 aromatic heterocycles. The minimum Gasteiger partial charge on any atom is -0.495 e. The van der Waals surface area contributed by atoms with Gasteiger partial charge in [0.1, 0.15) is 17.5 Å². The van der Waals surface area contributed by atoms with Crippen LogP contribution >= 0.6 is 11.6 Å². The summed E-state index contributed by atoms with van der Waals surface area (Å²) < 4.78 is 15.6. The van der Waals surface area contributed by atoms with Gasteiger partial charge in [-0.3, -0.25) is 9.59 Å². The molecule has 138 valence electrons. The maximum atomic E-state index is 12.8. The summed E-state index contributed by atoms with van der Waals surface area (Å²) in [5, 5.41) is 3.14. The smallest absolute Gasteiger partial charge is 0.290 e. The highest BCUT2D eigenvalue weighted by molar-refractivity contribution is 6.32. The van der Waals surface area contributed by atoms with Crippen LogP contribution in [0.4, 0.5) is 5.69 Å². The van der Waals surface area contributed by atoms with E-state index in [1.54, 1.807) is 24.3 Å². The van der Waals surface area contributed by atoms with E-state index in [1.807, 2.05) is 0 Å². The summed E-state index contributed by atoms with van der Waals surface area (Å²) in [6.45, 7) is 0.498. The Morgan fingerprint density at radius 3 is 2.69 bits per heavy atom. The summed E-state index contributed by atoms with van der Waals surface area (Å²) in [4.78, 5) is 26.8. The standard InChI is InChI=1S/C18H19ClN2O5/c1-24-15-10-16(25-2)12(9-11(15)19)20-17(22)13-5-3-7-21(13)18(23)14-6-4-8-26-14/h4,6,8-10,13H,3,5,7H2,1-2H3,(H,20,22). The highest BCUT2D eigenvalue weighted by atomic mass is 35.5. The second kappa shape index (κ2) is 7.70. The molecule has 1 saturated heterocycles. The molecule has 1 unspecified atom stereocenters. The summed E-state index contributed by atoms with van der Waals surface area (Å²) in [7, 11) is 2.98. The number of furan rings is 1. The Labute approximate surface area is 155 Å². The monoisotopic (exact) mass is 378 g/mol. The van der Waals surface area contributed by atoms with E-state index in [0.29, 0.717) is 35.2 Å². The van der Waals surface area contributed by atoms with Crippen molar-refractivity contribution >= 4 is 29.1 Å². The molecule has 1 aliphatic rings. The summed E-state index contributed by atoms with van der Waals surface area (Å²) >= 11 is 6.14. The highest BCUT2D eigenvalue weighted by Crippen LogP contribution is 2.36. The maximum absolute atomic E-state index is 12.8. The number of carbonyl (C=O) groups is 2. The maximum Gasteiger partial charge on any atom is 0.290 e. The quantitative estimate of drug-likeness (QED) is 0.864. The molecule has 1 aliphatic heterocycles. The number of benzene rings is 1. The zero-order chi connectivity index (χ0) is 18.7. The first-order chi connectivity index (χ1) is 12.5. The number of halogens is 1. The molecule has 1 N–H and O–H groups in total. The highest BCUT2D eigenvalue weighted by Gasteiger charge is 2.35. The molecule has 0 aliphatic carbocycles. The molecule has 3 rings (SSSR count). The van der Waals surface area contributed by atoms with Gasteiger partial charge in [-0.1, -0.05) is 11.6 Å². The fourth-order valence-corrected chi connectivity index (χ4v) is 3.24. The first-order valence-electron chi connectivity index (χ1n) is 8.12. The first-order valence-corrected chi connectivity index (χ1v) is 8.49. The summed E-state index contributed by atoms with van der Waals surface area (Å²) in [6, 6.07) is 5.80. The van der Waals surface area contributed by atoms with E-state index in [1.165, 1.54) is 25.4 Å². The van der Waals surface area contributed by atoms with Crippen LogP contribution in [0.2, 0.25) is 5.02 Å². The zero-order valence-corrected chi connectivity index (χ0v) is 15.2. The van der Waals surface area contributed by atoms with E-state index >= 15 is 0 Å². The van der Waals surface area contributed by atoms with Gasteiger partial charge in [0.2, 0.25) is 5.91 Å². The minimum absolute atomic E-state index is 0.217.